The van der Waals surface area contributed by atoms with Crippen LogP contribution in [0.3, 0.4) is 0 Å². The van der Waals surface area contributed by atoms with Gasteiger partial charge in [-0.25, -0.2) is 0 Å². The summed E-state index contributed by atoms with van der Waals surface area (Å²) in [4.78, 5) is 3.85. The lowest BCUT2D eigenvalue weighted by Crippen LogP contribution is -1.86. The van der Waals surface area contributed by atoms with Gasteiger partial charge >= 0.3 is 0 Å². The van der Waals surface area contributed by atoms with Gasteiger partial charge < -0.3 is 5.11 Å². The second kappa shape index (κ2) is 2.57. The first kappa shape index (κ1) is 7.24. The van der Waals surface area contributed by atoms with Gasteiger partial charge in [0.2, 0.25) is 5.88 Å². The molecule has 2 aromatic heterocycles. The van der Waals surface area contributed by atoms with Gasteiger partial charge in [0.1, 0.15) is 0 Å². The molecular weight excluding hydrogens is 178 g/mol. The Balaban J connectivity index is 2.95. The van der Waals surface area contributed by atoms with Crippen molar-refractivity contribution in [2.24, 2.45) is 0 Å². The molecule has 0 unspecified atom stereocenters. The fourth-order valence-corrected chi connectivity index (χ4v) is 1.14. The molecule has 0 saturated heterocycles. The van der Waals surface area contributed by atoms with E-state index in [4.69, 9.17) is 11.6 Å². The molecule has 0 aliphatic rings. The molecule has 5 heteroatoms. The van der Waals surface area contributed by atoms with Gasteiger partial charge in [-0.2, -0.15) is 0 Å². The molecule has 60 valence electrons. The zero-order valence-electron chi connectivity index (χ0n) is 5.90. The van der Waals surface area contributed by atoms with Crippen molar-refractivity contribution in [2.45, 2.75) is 0 Å². The third-order valence-corrected chi connectivity index (χ3v) is 1.80. The van der Waals surface area contributed by atoms with E-state index in [-0.39, 0.29) is 11.0 Å². The maximum Gasteiger partial charge on any atom is 0.239 e. The number of hydrogen-bond acceptors (Lipinski definition) is 4. The van der Waals surface area contributed by atoms with E-state index >= 15 is 0 Å². The Labute approximate surface area is 72.8 Å². The quantitative estimate of drug-likeness (QED) is 0.667. The minimum Gasteiger partial charge on any atom is -0.492 e. The van der Waals surface area contributed by atoms with Gasteiger partial charge in [-0.3, -0.25) is 4.98 Å². The summed E-state index contributed by atoms with van der Waals surface area (Å²) in [6.07, 6.45) is 3.09. The van der Waals surface area contributed by atoms with Crippen molar-refractivity contribution in [3.05, 3.63) is 23.6 Å². The highest BCUT2D eigenvalue weighted by Crippen LogP contribution is 2.24. The molecule has 0 aliphatic carbocycles. The molecule has 0 atom stereocenters. The predicted octanol–water partition coefficient (Wildman–Crippen LogP) is 1.38. The van der Waals surface area contributed by atoms with E-state index in [1.807, 2.05) is 0 Å². The summed E-state index contributed by atoms with van der Waals surface area (Å²) < 4.78 is 0. The van der Waals surface area contributed by atoms with Gasteiger partial charge in [-0.15, -0.1) is 10.2 Å². The van der Waals surface area contributed by atoms with Crippen molar-refractivity contribution in [3.63, 3.8) is 0 Å². The third-order valence-electron chi connectivity index (χ3n) is 1.52. The largest absolute Gasteiger partial charge is 0.492 e. The molecule has 0 amide bonds. The van der Waals surface area contributed by atoms with Crippen LogP contribution in [0, 0.1) is 0 Å². The lowest BCUT2D eigenvalue weighted by atomic mass is 10.2. The van der Waals surface area contributed by atoms with Crippen molar-refractivity contribution < 1.29 is 5.11 Å². The van der Waals surface area contributed by atoms with Gasteiger partial charge in [-0.05, 0) is 6.07 Å². The summed E-state index contributed by atoms with van der Waals surface area (Å²) >= 11 is 5.70. The molecule has 2 heterocycles. The zero-order chi connectivity index (χ0) is 8.55. The molecule has 0 aromatic carbocycles. The number of aromatic nitrogens is 3. The summed E-state index contributed by atoms with van der Waals surface area (Å²) in [7, 11) is 0. The van der Waals surface area contributed by atoms with Crippen LogP contribution in [0.5, 0.6) is 5.88 Å². The topological polar surface area (TPSA) is 58.9 Å². The van der Waals surface area contributed by atoms with E-state index in [2.05, 4.69) is 15.2 Å². The molecule has 0 saturated carbocycles. The molecule has 2 aromatic rings. The normalized spacial score (nSPS) is 10.4. The maximum absolute atomic E-state index is 9.24. The molecule has 12 heavy (non-hydrogen) atoms. The molecule has 0 bridgehead atoms. The fourth-order valence-electron chi connectivity index (χ4n) is 0.953. The molecule has 0 radical (unpaired) electrons. The minimum absolute atomic E-state index is 0.128. The van der Waals surface area contributed by atoms with Gasteiger partial charge in [0, 0.05) is 17.8 Å². The maximum atomic E-state index is 9.24. The summed E-state index contributed by atoms with van der Waals surface area (Å²) in [6, 6.07) is 1.63. The molecule has 0 aliphatic heterocycles. The lowest BCUT2D eigenvalue weighted by molar-refractivity contribution is 0.452. The lowest BCUT2D eigenvalue weighted by Gasteiger charge is -1.98. The molecule has 0 fully saturated rings. The Morgan fingerprint density at radius 1 is 1.25 bits per heavy atom. The van der Waals surface area contributed by atoms with Crippen molar-refractivity contribution in [1.82, 2.24) is 15.2 Å². The summed E-state index contributed by atoms with van der Waals surface area (Å²) in [5.41, 5.74) is 0. The highest BCUT2D eigenvalue weighted by atomic mass is 35.5. The molecule has 1 N–H and O–H groups in total. The van der Waals surface area contributed by atoms with Crippen LogP contribution >= 0.6 is 11.6 Å². The van der Waals surface area contributed by atoms with Gasteiger partial charge in [0.05, 0.1) is 5.39 Å². The Hall–Kier alpha value is -1.42. The number of hydrogen-bond donors (Lipinski definition) is 1. The monoisotopic (exact) mass is 181 g/mol. The van der Waals surface area contributed by atoms with Crippen LogP contribution in [0.2, 0.25) is 5.15 Å². The molecule has 4 nitrogen and oxygen atoms in total. The average molecular weight is 182 g/mol. The van der Waals surface area contributed by atoms with Crippen LogP contribution in [0.4, 0.5) is 0 Å². The number of aromatic hydroxyl groups is 1. The second-order valence-electron chi connectivity index (χ2n) is 2.24. The van der Waals surface area contributed by atoms with E-state index in [1.54, 1.807) is 12.3 Å². The van der Waals surface area contributed by atoms with E-state index in [0.717, 1.165) is 0 Å². The Morgan fingerprint density at radius 3 is 2.83 bits per heavy atom. The Morgan fingerprint density at radius 2 is 2.08 bits per heavy atom. The second-order valence-corrected chi connectivity index (χ2v) is 2.59. The number of pyridine rings is 1. The minimum atomic E-state index is -0.128. The van der Waals surface area contributed by atoms with Crippen LogP contribution in [-0.2, 0) is 0 Å². The van der Waals surface area contributed by atoms with Crippen LogP contribution < -0.4 is 0 Å². The molecule has 2 rings (SSSR count). The number of rotatable bonds is 0. The van der Waals surface area contributed by atoms with Gasteiger partial charge in [-0.1, -0.05) is 11.6 Å². The first-order chi connectivity index (χ1) is 5.79. The van der Waals surface area contributed by atoms with Gasteiger partial charge in [0.25, 0.3) is 0 Å². The average Bonchev–Trinajstić information content (AvgIpc) is 2.12. The summed E-state index contributed by atoms with van der Waals surface area (Å²) in [5, 5.41) is 17.6. The van der Waals surface area contributed by atoms with Crippen molar-refractivity contribution >= 4 is 22.4 Å². The predicted molar refractivity (Wildman–Crippen MR) is 44.0 cm³/mol. The van der Waals surface area contributed by atoms with Crippen LogP contribution in [0.1, 0.15) is 0 Å². The van der Waals surface area contributed by atoms with Gasteiger partial charge in [0.15, 0.2) is 5.15 Å². The summed E-state index contributed by atoms with van der Waals surface area (Å²) in [6.45, 7) is 0. The zero-order valence-corrected chi connectivity index (χ0v) is 6.65. The van der Waals surface area contributed by atoms with Crippen molar-refractivity contribution in [3.8, 4) is 5.88 Å². The van der Waals surface area contributed by atoms with E-state index in [1.165, 1.54) is 6.20 Å². The van der Waals surface area contributed by atoms with Crippen LogP contribution in [-0.4, -0.2) is 20.3 Å². The smallest absolute Gasteiger partial charge is 0.239 e. The number of halogens is 1. The number of fused-ring (bicyclic) bond motifs is 1. The van der Waals surface area contributed by atoms with E-state index < -0.39 is 0 Å². The Bertz CT molecular complexity index is 391. The van der Waals surface area contributed by atoms with Crippen molar-refractivity contribution in [2.75, 3.05) is 0 Å². The van der Waals surface area contributed by atoms with Crippen molar-refractivity contribution in [1.29, 1.82) is 0 Å². The molecule has 0 spiro atoms. The van der Waals surface area contributed by atoms with E-state index in [0.29, 0.717) is 10.8 Å². The first-order valence-electron chi connectivity index (χ1n) is 3.24. The third kappa shape index (κ3) is 0.967. The number of nitrogens with zero attached hydrogens (tertiary/aromatic N) is 3. The first-order valence-corrected chi connectivity index (χ1v) is 3.61. The van der Waals surface area contributed by atoms with Crippen LogP contribution in [0.25, 0.3) is 10.8 Å². The Kier molecular flexibility index (Phi) is 1.55. The SMILES string of the molecule is Oc1nnc(Cl)c2cnccc12. The van der Waals surface area contributed by atoms with Crippen LogP contribution in [0.15, 0.2) is 18.5 Å². The fraction of sp³-hybridized carbons (Fsp3) is 0. The molecular formula is C7H4ClN3O. The van der Waals surface area contributed by atoms with E-state index in [9.17, 15) is 5.11 Å². The standard InChI is InChI=1S/C7H4ClN3O/c8-6-5-3-9-2-1-4(5)7(12)11-10-6/h1-3H,(H,11,12). The highest BCUT2D eigenvalue weighted by Gasteiger charge is 2.04. The highest BCUT2D eigenvalue weighted by molar-refractivity contribution is 6.34. The summed E-state index contributed by atoms with van der Waals surface area (Å²) in [5.74, 6) is -0.128.